The van der Waals surface area contributed by atoms with Crippen molar-refractivity contribution in [1.82, 2.24) is 10.2 Å². The number of anilines is 1. The van der Waals surface area contributed by atoms with Gasteiger partial charge in [-0.15, -0.1) is 0 Å². The Bertz CT molecular complexity index is 1500. The maximum atomic E-state index is 13.4. The highest BCUT2D eigenvalue weighted by Crippen LogP contribution is 2.35. The number of esters is 1. The summed E-state index contributed by atoms with van der Waals surface area (Å²) in [7, 11) is 1.21. The number of halogens is 2. The first kappa shape index (κ1) is 28.6. The van der Waals surface area contributed by atoms with Gasteiger partial charge in [-0.25, -0.2) is 14.0 Å². The standard InChI is InChI=1S/C27H23FIN3O8/c1-3-38-22-11-15(9-19(29)24(22)39-14-23(33)30-17-6-4-5-16(28)12-17)10-20-25(34)32(27(36)31-20)13-18-7-8-21(40-18)26(35)37-2/h4-12H,3,13-14H2,1-2H3,(H,30,33)(H,31,36)/b20-10-. The van der Waals surface area contributed by atoms with Crippen LogP contribution in [0.5, 0.6) is 11.5 Å². The minimum atomic E-state index is -0.677. The zero-order chi connectivity index (χ0) is 28.8. The predicted molar refractivity (Wildman–Crippen MR) is 148 cm³/mol. The van der Waals surface area contributed by atoms with Crippen LogP contribution in [0.1, 0.15) is 28.8 Å². The Hall–Kier alpha value is -4.40. The smallest absolute Gasteiger partial charge is 0.373 e. The number of hydrogen-bond donors (Lipinski definition) is 2. The molecule has 0 unspecified atom stereocenters. The SMILES string of the molecule is CCOc1cc(/C=C2\NC(=O)N(Cc3ccc(C(=O)OC)o3)C2=O)cc(I)c1OCC(=O)Nc1cccc(F)c1. The van der Waals surface area contributed by atoms with E-state index in [1.54, 1.807) is 25.1 Å². The normalized spacial score (nSPS) is 13.8. The molecule has 0 spiro atoms. The van der Waals surface area contributed by atoms with Crippen molar-refractivity contribution in [3.8, 4) is 11.5 Å². The molecule has 2 heterocycles. The minimum Gasteiger partial charge on any atom is -0.490 e. The zero-order valence-corrected chi connectivity index (χ0v) is 23.4. The molecule has 3 aromatic rings. The van der Waals surface area contributed by atoms with Gasteiger partial charge in [0, 0.05) is 5.69 Å². The number of amides is 4. The molecule has 40 heavy (non-hydrogen) atoms. The molecular formula is C27H23FIN3O8. The zero-order valence-electron chi connectivity index (χ0n) is 21.3. The molecular weight excluding hydrogens is 640 g/mol. The topological polar surface area (TPSA) is 136 Å². The van der Waals surface area contributed by atoms with E-state index in [0.717, 1.165) is 4.90 Å². The quantitative estimate of drug-likeness (QED) is 0.142. The van der Waals surface area contributed by atoms with Crippen LogP contribution in [-0.2, 0) is 20.9 Å². The maximum Gasteiger partial charge on any atom is 0.373 e. The van der Waals surface area contributed by atoms with Crippen LogP contribution in [0.4, 0.5) is 14.9 Å². The third-order valence-electron chi connectivity index (χ3n) is 5.42. The summed E-state index contributed by atoms with van der Waals surface area (Å²) in [5, 5.41) is 5.08. The van der Waals surface area contributed by atoms with E-state index in [1.807, 2.05) is 22.6 Å². The number of urea groups is 1. The van der Waals surface area contributed by atoms with Crippen LogP contribution in [0.25, 0.3) is 6.08 Å². The summed E-state index contributed by atoms with van der Waals surface area (Å²) in [6.07, 6.45) is 1.48. The second kappa shape index (κ2) is 12.6. The fourth-order valence-corrected chi connectivity index (χ4v) is 4.47. The Kier molecular flexibility index (Phi) is 9.04. The van der Waals surface area contributed by atoms with Crippen molar-refractivity contribution in [3.05, 3.63) is 80.7 Å². The molecule has 1 aliphatic rings. The summed E-state index contributed by atoms with van der Waals surface area (Å²) >= 11 is 2.00. The molecule has 2 N–H and O–H groups in total. The molecule has 0 aliphatic carbocycles. The number of methoxy groups -OCH3 is 1. The van der Waals surface area contributed by atoms with Gasteiger partial charge in [0.15, 0.2) is 18.1 Å². The highest BCUT2D eigenvalue weighted by Gasteiger charge is 2.34. The fraction of sp³-hybridized carbons (Fsp3) is 0.185. The number of carbonyl (C=O) groups is 4. The van der Waals surface area contributed by atoms with Gasteiger partial charge >= 0.3 is 12.0 Å². The molecule has 1 fully saturated rings. The number of imide groups is 1. The molecule has 0 saturated carbocycles. The van der Waals surface area contributed by atoms with Crippen LogP contribution < -0.4 is 20.1 Å². The second-order valence-electron chi connectivity index (χ2n) is 8.25. The summed E-state index contributed by atoms with van der Waals surface area (Å²) in [6, 6.07) is 11.0. The molecule has 208 valence electrons. The number of benzene rings is 2. The van der Waals surface area contributed by atoms with E-state index in [2.05, 4.69) is 15.4 Å². The van der Waals surface area contributed by atoms with Crippen LogP contribution in [0.15, 0.2) is 58.6 Å². The van der Waals surface area contributed by atoms with Crippen LogP contribution in [-0.4, -0.2) is 49.0 Å². The van der Waals surface area contributed by atoms with Crippen molar-refractivity contribution in [3.63, 3.8) is 0 Å². The molecule has 0 radical (unpaired) electrons. The molecule has 1 saturated heterocycles. The third kappa shape index (κ3) is 6.77. The highest BCUT2D eigenvalue weighted by molar-refractivity contribution is 14.1. The lowest BCUT2D eigenvalue weighted by molar-refractivity contribution is -0.123. The Morgan fingerprint density at radius 2 is 1.95 bits per heavy atom. The summed E-state index contributed by atoms with van der Waals surface area (Å²) in [4.78, 5) is 50.3. The number of furan rings is 1. The van der Waals surface area contributed by atoms with Crippen LogP contribution >= 0.6 is 22.6 Å². The molecule has 0 bridgehead atoms. The van der Waals surface area contributed by atoms with Gasteiger partial charge < -0.3 is 29.3 Å². The van der Waals surface area contributed by atoms with Crippen molar-refractivity contribution < 1.29 is 42.2 Å². The van der Waals surface area contributed by atoms with Crippen molar-refractivity contribution >= 4 is 58.2 Å². The number of ether oxygens (including phenoxy) is 3. The summed E-state index contributed by atoms with van der Waals surface area (Å²) < 4.78 is 35.3. The lowest BCUT2D eigenvalue weighted by Gasteiger charge is -2.15. The molecule has 4 rings (SSSR count). The number of nitrogens with one attached hydrogen (secondary N) is 2. The lowest BCUT2D eigenvalue weighted by Crippen LogP contribution is -2.30. The first-order valence-corrected chi connectivity index (χ1v) is 12.9. The van der Waals surface area contributed by atoms with Crippen molar-refractivity contribution in [2.45, 2.75) is 13.5 Å². The van der Waals surface area contributed by atoms with Gasteiger partial charge in [0.25, 0.3) is 11.8 Å². The summed E-state index contributed by atoms with van der Waals surface area (Å²) in [5.41, 5.74) is 0.843. The van der Waals surface area contributed by atoms with Gasteiger partial charge in [-0.2, -0.15) is 0 Å². The number of hydrogen-bond acceptors (Lipinski definition) is 8. The predicted octanol–water partition coefficient (Wildman–Crippen LogP) is 4.32. The summed E-state index contributed by atoms with van der Waals surface area (Å²) in [6.45, 7) is 1.52. The van der Waals surface area contributed by atoms with Gasteiger partial charge in [-0.1, -0.05) is 6.07 Å². The number of nitrogens with zero attached hydrogens (tertiary/aromatic N) is 1. The van der Waals surface area contributed by atoms with E-state index >= 15 is 0 Å². The molecule has 2 aromatic carbocycles. The van der Waals surface area contributed by atoms with E-state index in [0.29, 0.717) is 32.9 Å². The van der Waals surface area contributed by atoms with Gasteiger partial charge in [0.05, 0.1) is 23.8 Å². The van der Waals surface area contributed by atoms with Crippen LogP contribution in [0.2, 0.25) is 0 Å². The second-order valence-corrected chi connectivity index (χ2v) is 9.41. The van der Waals surface area contributed by atoms with E-state index in [1.165, 1.54) is 43.5 Å². The Morgan fingerprint density at radius 1 is 1.15 bits per heavy atom. The van der Waals surface area contributed by atoms with E-state index in [-0.39, 0.29) is 30.4 Å². The number of carbonyl (C=O) groups excluding carboxylic acids is 4. The Morgan fingerprint density at radius 3 is 2.67 bits per heavy atom. The highest BCUT2D eigenvalue weighted by atomic mass is 127. The minimum absolute atomic E-state index is 0.0196. The van der Waals surface area contributed by atoms with Gasteiger partial charge in [0.2, 0.25) is 5.76 Å². The van der Waals surface area contributed by atoms with Crippen molar-refractivity contribution in [2.75, 3.05) is 25.6 Å². The maximum absolute atomic E-state index is 13.4. The first-order valence-electron chi connectivity index (χ1n) is 11.8. The molecule has 4 amide bonds. The summed E-state index contributed by atoms with van der Waals surface area (Å²) in [5.74, 6) is -1.45. The van der Waals surface area contributed by atoms with E-state index in [4.69, 9.17) is 13.9 Å². The largest absolute Gasteiger partial charge is 0.490 e. The molecule has 11 nitrogen and oxygen atoms in total. The van der Waals surface area contributed by atoms with E-state index < -0.39 is 29.6 Å². The van der Waals surface area contributed by atoms with Gasteiger partial charge in [0.1, 0.15) is 17.3 Å². The molecule has 1 aliphatic heterocycles. The Balaban J connectivity index is 1.47. The third-order valence-corrected chi connectivity index (χ3v) is 6.22. The average molecular weight is 663 g/mol. The van der Waals surface area contributed by atoms with Crippen LogP contribution in [0, 0.1) is 9.39 Å². The van der Waals surface area contributed by atoms with Crippen molar-refractivity contribution in [1.29, 1.82) is 0 Å². The average Bonchev–Trinajstić information content (AvgIpc) is 3.48. The monoisotopic (exact) mass is 663 g/mol. The van der Waals surface area contributed by atoms with E-state index in [9.17, 15) is 23.6 Å². The lowest BCUT2D eigenvalue weighted by atomic mass is 10.1. The van der Waals surface area contributed by atoms with Crippen molar-refractivity contribution in [2.24, 2.45) is 0 Å². The van der Waals surface area contributed by atoms with Crippen LogP contribution in [0.3, 0.4) is 0 Å². The first-order chi connectivity index (χ1) is 19.2. The number of rotatable bonds is 10. The molecule has 0 atom stereocenters. The molecule has 1 aromatic heterocycles. The molecule has 13 heteroatoms. The Labute approximate surface area is 241 Å². The van der Waals surface area contributed by atoms with Gasteiger partial charge in [-0.05, 0) is 83.6 Å². The fourth-order valence-electron chi connectivity index (χ4n) is 3.69. The van der Waals surface area contributed by atoms with Gasteiger partial charge in [-0.3, -0.25) is 14.5 Å².